The highest BCUT2D eigenvalue weighted by atomic mass is 31.2. The number of amides is 2. The summed E-state index contributed by atoms with van der Waals surface area (Å²) in [6.07, 6.45) is 4.95. The maximum Gasteiger partial charge on any atom is 0.469 e. The second kappa shape index (κ2) is 10.5. The molecule has 4 aliphatic rings. The molecule has 0 aromatic carbocycles. The average Bonchev–Trinajstić information content (AvgIpc) is 3.18. The number of aliphatic hydroxyl groups excluding tert-OH is 3. The van der Waals surface area contributed by atoms with Crippen LogP contribution in [0.4, 0.5) is 4.79 Å². The topological polar surface area (TPSA) is 169 Å². The first-order chi connectivity index (χ1) is 16.5. The van der Waals surface area contributed by atoms with Gasteiger partial charge in [0, 0.05) is 0 Å². The molecule has 2 saturated heterocycles. The lowest BCUT2D eigenvalue weighted by Gasteiger charge is -2.52. The van der Waals surface area contributed by atoms with E-state index in [1.807, 2.05) is 0 Å². The van der Waals surface area contributed by atoms with Crippen molar-refractivity contribution in [1.82, 2.24) is 10.2 Å². The van der Waals surface area contributed by atoms with Crippen molar-refractivity contribution in [3.8, 4) is 0 Å². The number of phosphoric ester groups is 1. The van der Waals surface area contributed by atoms with Crippen molar-refractivity contribution in [3.05, 3.63) is 0 Å². The Bertz CT molecular complexity index is 812. The molecule has 2 bridgehead atoms. The summed E-state index contributed by atoms with van der Waals surface area (Å²) in [5.74, 6) is 0.0674. The van der Waals surface area contributed by atoms with Crippen LogP contribution in [0.15, 0.2) is 0 Å². The predicted octanol–water partition coefficient (Wildman–Crippen LogP) is 1.75. The first-order valence-electron chi connectivity index (χ1n) is 13.0. The van der Waals surface area contributed by atoms with E-state index in [0.29, 0.717) is 19.3 Å². The van der Waals surface area contributed by atoms with Crippen molar-refractivity contribution in [2.24, 2.45) is 5.92 Å². The predicted molar refractivity (Wildman–Crippen MR) is 125 cm³/mol. The van der Waals surface area contributed by atoms with Crippen LogP contribution in [0.25, 0.3) is 0 Å². The Morgan fingerprint density at radius 3 is 2.34 bits per heavy atom. The number of carbonyl (C=O) groups is 1. The summed E-state index contributed by atoms with van der Waals surface area (Å²) in [5.41, 5.74) is -1.52. The zero-order valence-electron chi connectivity index (χ0n) is 20.4. The Balaban J connectivity index is 1.61. The Kier molecular flexibility index (Phi) is 8.20. The first-order valence-corrected chi connectivity index (χ1v) is 14.5. The Labute approximate surface area is 206 Å². The summed E-state index contributed by atoms with van der Waals surface area (Å²) < 4.78 is 21.4. The van der Waals surface area contributed by atoms with E-state index in [1.54, 1.807) is 0 Å². The van der Waals surface area contributed by atoms with Crippen LogP contribution in [0.3, 0.4) is 0 Å². The van der Waals surface area contributed by atoms with Crippen LogP contribution in [0, 0.1) is 5.92 Å². The van der Waals surface area contributed by atoms with Crippen LogP contribution in [0.5, 0.6) is 0 Å². The van der Waals surface area contributed by atoms with Crippen LogP contribution in [0.2, 0.25) is 0 Å². The van der Waals surface area contributed by atoms with Gasteiger partial charge in [0.25, 0.3) is 0 Å². The molecule has 4 rings (SSSR count). The lowest BCUT2D eigenvalue weighted by molar-refractivity contribution is -0.123. The minimum Gasteiger partial charge on any atom is -0.391 e. The third-order valence-corrected chi connectivity index (χ3v) is 9.25. The normalized spacial score (nSPS) is 43.6. The van der Waals surface area contributed by atoms with Crippen molar-refractivity contribution < 1.29 is 43.7 Å². The number of aliphatic hydroxyl groups is 3. The number of nitrogens with one attached hydrogen (secondary N) is 1. The maximum atomic E-state index is 13.6. The largest absolute Gasteiger partial charge is 0.469 e. The zero-order chi connectivity index (χ0) is 25.4. The van der Waals surface area contributed by atoms with E-state index in [2.05, 4.69) is 16.8 Å². The molecule has 0 aromatic rings. The van der Waals surface area contributed by atoms with Gasteiger partial charge < -0.3 is 35.2 Å². The highest BCUT2D eigenvalue weighted by Crippen LogP contribution is 2.53. The summed E-state index contributed by atoms with van der Waals surface area (Å²) in [6, 6.07) is -0.459. The van der Waals surface area contributed by atoms with Gasteiger partial charge >= 0.3 is 13.9 Å². The quantitative estimate of drug-likeness (QED) is 0.302. The SMILES string of the molecule is CC1CCCCCCCCCCC23CC(O)C1(C2)NC(=O)N3C1OC(COP(=O)(O)O)C(O)C1O. The van der Waals surface area contributed by atoms with Crippen LogP contribution in [-0.4, -0.2) is 84.4 Å². The Morgan fingerprint density at radius 1 is 1.06 bits per heavy atom. The zero-order valence-corrected chi connectivity index (χ0v) is 21.3. The number of rotatable bonds is 4. The van der Waals surface area contributed by atoms with Crippen LogP contribution >= 0.6 is 7.82 Å². The van der Waals surface area contributed by atoms with Crippen molar-refractivity contribution in [1.29, 1.82) is 0 Å². The monoisotopic (exact) mass is 520 g/mol. The molecule has 0 radical (unpaired) electrons. The average molecular weight is 521 g/mol. The van der Waals surface area contributed by atoms with Crippen molar-refractivity contribution >= 4 is 13.9 Å². The van der Waals surface area contributed by atoms with Gasteiger partial charge in [-0.2, -0.15) is 0 Å². The fourth-order valence-corrected chi connectivity index (χ4v) is 7.20. The molecule has 12 heteroatoms. The minimum atomic E-state index is -4.81. The molecular formula is C23H41N2O9P. The van der Waals surface area contributed by atoms with Crippen molar-refractivity contribution in [2.75, 3.05) is 6.61 Å². The fraction of sp³-hybridized carbons (Fsp3) is 0.957. The summed E-state index contributed by atoms with van der Waals surface area (Å²) in [7, 11) is -4.81. The van der Waals surface area contributed by atoms with E-state index in [1.165, 1.54) is 24.2 Å². The molecule has 8 atom stereocenters. The molecule has 4 fully saturated rings. The standard InChI is InChI=1S/C23H41N2O9P/c1-15-10-8-6-4-2-3-5-7-9-11-22-12-17(26)23(15,14-22)24-21(29)25(22)20-19(28)18(27)16(34-20)13-33-35(30,31)32/h15-20,26-28H,2-14H2,1H3,(H,24,29)(H2,30,31,32). The minimum absolute atomic E-state index is 0.0674. The Morgan fingerprint density at radius 2 is 1.69 bits per heavy atom. The van der Waals surface area contributed by atoms with Gasteiger partial charge in [-0.3, -0.25) is 9.42 Å². The number of carbonyl (C=O) groups excluding carboxylic acids is 1. The number of nitrogens with zero attached hydrogens (tertiary/aromatic N) is 1. The second-order valence-electron chi connectivity index (χ2n) is 11.1. The summed E-state index contributed by atoms with van der Waals surface area (Å²) in [6.45, 7) is 1.45. The van der Waals surface area contributed by atoms with Gasteiger partial charge in [0.1, 0.15) is 18.3 Å². The third-order valence-electron chi connectivity index (χ3n) is 8.77. The van der Waals surface area contributed by atoms with Gasteiger partial charge in [-0.15, -0.1) is 0 Å². The molecule has 2 aliphatic carbocycles. The number of phosphoric acid groups is 1. The van der Waals surface area contributed by atoms with Gasteiger partial charge in [-0.25, -0.2) is 9.36 Å². The first kappa shape index (κ1) is 27.3. The highest BCUT2D eigenvalue weighted by Gasteiger charge is 2.66. The summed E-state index contributed by atoms with van der Waals surface area (Å²) in [4.78, 5) is 33.1. The number of hydrogen-bond acceptors (Lipinski definition) is 7. The number of hydrogen-bond donors (Lipinski definition) is 6. The van der Waals surface area contributed by atoms with Crippen LogP contribution in [-0.2, 0) is 13.8 Å². The molecule has 202 valence electrons. The highest BCUT2D eigenvalue weighted by molar-refractivity contribution is 7.46. The molecule has 35 heavy (non-hydrogen) atoms. The lowest BCUT2D eigenvalue weighted by Crippen LogP contribution is -2.70. The Hall–Kier alpha value is -0.780. The van der Waals surface area contributed by atoms with Crippen LogP contribution in [0.1, 0.15) is 84.0 Å². The lowest BCUT2D eigenvalue weighted by atomic mass is 9.75. The van der Waals surface area contributed by atoms with E-state index in [0.717, 1.165) is 38.5 Å². The summed E-state index contributed by atoms with van der Waals surface area (Å²) >= 11 is 0. The van der Waals surface area contributed by atoms with Gasteiger partial charge in [0.15, 0.2) is 6.23 Å². The number of ether oxygens (including phenoxy) is 1. The fourth-order valence-electron chi connectivity index (χ4n) is 6.86. The van der Waals surface area contributed by atoms with Gasteiger partial charge in [-0.05, 0) is 31.6 Å². The van der Waals surface area contributed by atoms with Crippen molar-refractivity contribution in [3.63, 3.8) is 0 Å². The molecule has 8 unspecified atom stereocenters. The second-order valence-corrected chi connectivity index (χ2v) is 12.3. The van der Waals surface area contributed by atoms with Crippen molar-refractivity contribution in [2.45, 2.75) is 126 Å². The van der Waals surface area contributed by atoms with Gasteiger partial charge in [-0.1, -0.05) is 58.3 Å². The molecule has 11 nitrogen and oxygen atoms in total. The molecule has 6 N–H and O–H groups in total. The van der Waals surface area contributed by atoms with Crippen LogP contribution < -0.4 is 5.32 Å². The van der Waals surface area contributed by atoms with Gasteiger partial charge in [0.2, 0.25) is 0 Å². The molecular weight excluding hydrogens is 479 g/mol. The molecule has 2 aliphatic heterocycles. The molecule has 2 amide bonds. The molecule has 0 aromatic heterocycles. The maximum absolute atomic E-state index is 13.6. The van der Waals surface area contributed by atoms with Gasteiger partial charge in [0.05, 0.1) is 23.8 Å². The van der Waals surface area contributed by atoms with E-state index >= 15 is 0 Å². The summed E-state index contributed by atoms with van der Waals surface area (Å²) in [5, 5.41) is 35.8. The number of urea groups is 1. The molecule has 2 saturated carbocycles. The van der Waals surface area contributed by atoms with E-state index in [4.69, 9.17) is 14.5 Å². The molecule has 0 spiro atoms. The van der Waals surface area contributed by atoms with E-state index < -0.39 is 62.2 Å². The smallest absolute Gasteiger partial charge is 0.391 e. The third kappa shape index (κ3) is 5.43. The molecule has 2 heterocycles. The van der Waals surface area contributed by atoms with E-state index in [-0.39, 0.29) is 5.92 Å². The van der Waals surface area contributed by atoms with E-state index in [9.17, 15) is 24.7 Å².